The number of ether oxygens (including phenoxy) is 2. The van der Waals surface area contributed by atoms with Gasteiger partial charge in [-0.2, -0.15) is 0 Å². The van der Waals surface area contributed by atoms with Crippen LogP contribution in [0.1, 0.15) is 11.0 Å². The van der Waals surface area contributed by atoms with Crippen molar-refractivity contribution in [2.24, 2.45) is 0 Å². The summed E-state index contributed by atoms with van der Waals surface area (Å²) < 4.78 is 10.5. The molecule has 90 valence electrons. The molecule has 1 amide bonds. The van der Waals surface area contributed by atoms with E-state index in [1.54, 1.807) is 4.90 Å². The van der Waals surface area contributed by atoms with E-state index in [1.807, 2.05) is 17.5 Å². The molecule has 1 saturated heterocycles. The molecule has 1 aromatic heterocycles. The molecule has 0 aromatic carbocycles. The average molecular weight is 251 g/mol. The molecule has 1 unspecified atom stereocenters. The number of terminal acetylenes is 1. The van der Waals surface area contributed by atoms with E-state index in [0.717, 1.165) is 4.88 Å². The Morgan fingerprint density at radius 3 is 2.94 bits per heavy atom. The molecule has 1 aromatic rings. The lowest BCUT2D eigenvalue weighted by Crippen LogP contribution is -2.41. The lowest BCUT2D eigenvalue weighted by Gasteiger charge is -2.27. The van der Waals surface area contributed by atoms with E-state index in [1.165, 1.54) is 11.3 Å². The van der Waals surface area contributed by atoms with Gasteiger partial charge in [0.1, 0.15) is 0 Å². The van der Waals surface area contributed by atoms with Crippen molar-refractivity contribution in [1.82, 2.24) is 4.90 Å². The molecule has 1 atom stereocenters. The zero-order valence-electron chi connectivity index (χ0n) is 9.30. The van der Waals surface area contributed by atoms with Crippen molar-refractivity contribution in [2.45, 2.75) is 6.10 Å². The maximum atomic E-state index is 11.8. The minimum atomic E-state index is -0.592. The van der Waals surface area contributed by atoms with Gasteiger partial charge in [0.25, 0.3) is 0 Å². The smallest absolute Gasteiger partial charge is 0.411 e. The minimum absolute atomic E-state index is 0.371. The molecule has 2 rings (SSSR count). The van der Waals surface area contributed by atoms with Crippen LogP contribution in [-0.4, -0.2) is 37.3 Å². The Labute approximate surface area is 104 Å². The van der Waals surface area contributed by atoms with Crippen LogP contribution >= 0.6 is 11.3 Å². The molecule has 0 radical (unpaired) electrons. The van der Waals surface area contributed by atoms with Crippen molar-refractivity contribution in [3.63, 3.8) is 0 Å². The van der Waals surface area contributed by atoms with E-state index in [2.05, 4.69) is 5.92 Å². The Morgan fingerprint density at radius 1 is 1.59 bits per heavy atom. The van der Waals surface area contributed by atoms with Gasteiger partial charge in [-0.25, -0.2) is 4.79 Å². The van der Waals surface area contributed by atoms with Crippen LogP contribution in [0.4, 0.5) is 4.79 Å². The maximum Gasteiger partial charge on any atom is 0.411 e. The van der Waals surface area contributed by atoms with Gasteiger partial charge in [0.05, 0.1) is 18.1 Å². The lowest BCUT2D eigenvalue weighted by atomic mass is 10.3. The first-order valence-corrected chi connectivity index (χ1v) is 6.22. The fourth-order valence-electron chi connectivity index (χ4n) is 1.54. The standard InChI is InChI=1S/C12H13NO3S/c1-2-10(11-4-3-9-17-11)16-12(14)13-5-7-15-8-6-13/h1,3-4,9-10H,5-8H2. The van der Waals surface area contributed by atoms with Crippen LogP contribution in [0, 0.1) is 12.3 Å². The lowest BCUT2D eigenvalue weighted by molar-refractivity contribution is 0.0207. The molecular formula is C12H13NO3S. The number of carbonyl (C=O) groups is 1. The summed E-state index contributed by atoms with van der Waals surface area (Å²) in [6, 6.07) is 3.74. The van der Waals surface area contributed by atoms with Crippen molar-refractivity contribution in [3.8, 4) is 12.3 Å². The average Bonchev–Trinajstić information content (AvgIpc) is 2.90. The van der Waals surface area contributed by atoms with Crippen LogP contribution in [-0.2, 0) is 9.47 Å². The van der Waals surface area contributed by atoms with Crippen LogP contribution in [0.3, 0.4) is 0 Å². The van der Waals surface area contributed by atoms with E-state index in [0.29, 0.717) is 26.3 Å². The number of carbonyl (C=O) groups excluding carboxylic acids is 1. The summed E-state index contributed by atoms with van der Waals surface area (Å²) >= 11 is 1.48. The van der Waals surface area contributed by atoms with Crippen molar-refractivity contribution >= 4 is 17.4 Å². The molecule has 2 heterocycles. The third-order valence-electron chi connectivity index (χ3n) is 2.44. The SMILES string of the molecule is C#CC(OC(=O)N1CCOCC1)c1cccs1. The molecule has 17 heavy (non-hydrogen) atoms. The third kappa shape index (κ3) is 2.99. The number of amides is 1. The molecule has 0 bridgehead atoms. The summed E-state index contributed by atoms with van der Waals surface area (Å²) in [7, 11) is 0. The fraction of sp³-hybridized carbons (Fsp3) is 0.417. The molecule has 1 fully saturated rings. The Kier molecular flexibility index (Phi) is 4.02. The molecule has 4 nitrogen and oxygen atoms in total. The Bertz CT molecular complexity index is 404. The van der Waals surface area contributed by atoms with Crippen LogP contribution in [0.15, 0.2) is 17.5 Å². The molecule has 0 saturated carbocycles. The van der Waals surface area contributed by atoms with E-state index in [-0.39, 0.29) is 6.09 Å². The number of nitrogens with zero attached hydrogens (tertiary/aromatic N) is 1. The summed E-state index contributed by atoms with van der Waals surface area (Å²) in [5, 5.41) is 1.91. The quantitative estimate of drug-likeness (QED) is 0.753. The zero-order chi connectivity index (χ0) is 12.1. The molecule has 1 aliphatic rings. The number of hydrogen-bond acceptors (Lipinski definition) is 4. The second kappa shape index (κ2) is 5.71. The van der Waals surface area contributed by atoms with Crippen LogP contribution in [0.25, 0.3) is 0 Å². The van der Waals surface area contributed by atoms with Gasteiger partial charge in [0.15, 0.2) is 6.10 Å². The van der Waals surface area contributed by atoms with Gasteiger partial charge >= 0.3 is 6.09 Å². The van der Waals surface area contributed by atoms with Crippen molar-refractivity contribution in [3.05, 3.63) is 22.4 Å². The molecule has 1 aliphatic heterocycles. The maximum absolute atomic E-state index is 11.8. The summed E-state index contributed by atoms with van der Waals surface area (Å²) in [6.45, 7) is 2.21. The third-order valence-corrected chi connectivity index (χ3v) is 3.36. The first-order valence-electron chi connectivity index (χ1n) is 5.34. The molecular weight excluding hydrogens is 238 g/mol. The first kappa shape index (κ1) is 12.0. The predicted molar refractivity (Wildman–Crippen MR) is 64.8 cm³/mol. The van der Waals surface area contributed by atoms with Gasteiger partial charge in [-0.05, 0) is 11.4 Å². The highest BCUT2D eigenvalue weighted by Gasteiger charge is 2.22. The second-order valence-electron chi connectivity index (χ2n) is 3.55. The fourth-order valence-corrected chi connectivity index (χ4v) is 2.25. The van der Waals surface area contributed by atoms with E-state index >= 15 is 0 Å². The van der Waals surface area contributed by atoms with E-state index in [4.69, 9.17) is 15.9 Å². The topological polar surface area (TPSA) is 38.8 Å². The molecule has 5 heteroatoms. The molecule has 0 spiro atoms. The minimum Gasteiger partial charge on any atom is -0.427 e. The Hall–Kier alpha value is -1.51. The van der Waals surface area contributed by atoms with Crippen LogP contribution < -0.4 is 0 Å². The largest absolute Gasteiger partial charge is 0.427 e. The summed E-state index contributed by atoms with van der Waals surface area (Å²) in [5.74, 6) is 2.48. The van der Waals surface area contributed by atoms with Gasteiger partial charge in [-0.15, -0.1) is 17.8 Å². The Balaban J connectivity index is 1.95. The number of rotatable bonds is 2. The van der Waals surface area contributed by atoms with Gasteiger partial charge in [-0.3, -0.25) is 0 Å². The zero-order valence-corrected chi connectivity index (χ0v) is 10.1. The normalized spacial score (nSPS) is 17.2. The second-order valence-corrected chi connectivity index (χ2v) is 4.52. The number of morpholine rings is 1. The van der Waals surface area contributed by atoms with Gasteiger partial charge in [0.2, 0.25) is 0 Å². The van der Waals surface area contributed by atoms with Crippen LogP contribution in [0.5, 0.6) is 0 Å². The molecule has 0 aliphatic carbocycles. The Morgan fingerprint density at radius 2 is 2.35 bits per heavy atom. The van der Waals surface area contributed by atoms with Gasteiger partial charge in [0, 0.05) is 13.1 Å². The number of thiophene rings is 1. The first-order chi connectivity index (χ1) is 8.31. The van der Waals surface area contributed by atoms with Crippen molar-refractivity contribution in [2.75, 3.05) is 26.3 Å². The summed E-state index contributed by atoms with van der Waals surface area (Å²) in [6.07, 6.45) is 4.42. The summed E-state index contributed by atoms with van der Waals surface area (Å²) in [5.41, 5.74) is 0. The van der Waals surface area contributed by atoms with Crippen molar-refractivity contribution in [1.29, 1.82) is 0 Å². The molecule has 0 N–H and O–H groups in total. The van der Waals surface area contributed by atoms with Gasteiger partial charge in [-0.1, -0.05) is 12.0 Å². The van der Waals surface area contributed by atoms with Crippen LogP contribution in [0.2, 0.25) is 0 Å². The highest BCUT2D eigenvalue weighted by molar-refractivity contribution is 7.10. The van der Waals surface area contributed by atoms with E-state index < -0.39 is 6.10 Å². The van der Waals surface area contributed by atoms with Gasteiger partial charge < -0.3 is 14.4 Å². The number of hydrogen-bond donors (Lipinski definition) is 0. The summed E-state index contributed by atoms with van der Waals surface area (Å²) in [4.78, 5) is 14.3. The monoisotopic (exact) mass is 251 g/mol. The highest BCUT2D eigenvalue weighted by atomic mass is 32.1. The van der Waals surface area contributed by atoms with E-state index in [9.17, 15) is 4.79 Å². The predicted octanol–water partition coefficient (Wildman–Crippen LogP) is 1.89. The highest BCUT2D eigenvalue weighted by Crippen LogP contribution is 2.22. The van der Waals surface area contributed by atoms with Crippen molar-refractivity contribution < 1.29 is 14.3 Å².